The Bertz CT molecular complexity index is 1390. The normalized spacial score (nSPS) is 14.1. The Kier molecular flexibility index (Phi) is 7.68. The van der Waals surface area contributed by atoms with Crippen LogP contribution in [0.15, 0.2) is 72.9 Å². The van der Waals surface area contributed by atoms with Crippen LogP contribution in [-0.4, -0.2) is 37.5 Å². The van der Waals surface area contributed by atoms with Gasteiger partial charge in [-0.15, -0.1) is 0 Å². The molecular weight excluding hydrogens is 478 g/mol. The highest BCUT2D eigenvalue weighted by Gasteiger charge is 2.21. The fourth-order valence-electron chi connectivity index (χ4n) is 5.08. The molecule has 6 nitrogen and oxygen atoms in total. The highest BCUT2D eigenvalue weighted by Crippen LogP contribution is 2.31. The van der Waals surface area contributed by atoms with Crippen molar-refractivity contribution in [2.24, 2.45) is 0 Å². The van der Waals surface area contributed by atoms with Crippen molar-refractivity contribution >= 4 is 29.0 Å². The van der Waals surface area contributed by atoms with Crippen molar-refractivity contribution in [2.45, 2.75) is 39.0 Å². The number of anilines is 1. The van der Waals surface area contributed by atoms with Crippen molar-refractivity contribution in [3.05, 3.63) is 106 Å². The first-order chi connectivity index (χ1) is 18.5. The minimum absolute atomic E-state index is 0.00260. The SMILES string of the molecule is CC(=O)/C(=C\N1CCc2cc(C(=O)OCCCOC(=O)c3ccc4c(c3)CCC4)ccc21)c1ccccc1. The summed E-state index contributed by atoms with van der Waals surface area (Å²) in [7, 11) is 0. The Hall–Kier alpha value is -4.19. The van der Waals surface area contributed by atoms with Crippen LogP contribution in [0.2, 0.25) is 0 Å². The van der Waals surface area contributed by atoms with E-state index in [0.29, 0.717) is 23.1 Å². The third-order valence-corrected chi connectivity index (χ3v) is 7.08. The lowest BCUT2D eigenvalue weighted by Gasteiger charge is -2.17. The van der Waals surface area contributed by atoms with E-state index in [4.69, 9.17) is 9.47 Å². The number of rotatable bonds is 9. The molecular formula is C32H31NO5. The number of Topliss-reactive ketones (excluding diaryl/α,β-unsaturated/α-hetero) is 1. The number of hydrogen-bond acceptors (Lipinski definition) is 6. The molecule has 0 fully saturated rings. The molecule has 3 aromatic carbocycles. The monoisotopic (exact) mass is 509 g/mol. The summed E-state index contributed by atoms with van der Waals surface area (Å²) < 4.78 is 10.8. The predicted molar refractivity (Wildman–Crippen MR) is 146 cm³/mol. The lowest BCUT2D eigenvalue weighted by molar-refractivity contribution is -0.111. The first kappa shape index (κ1) is 25.5. The van der Waals surface area contributed by atoms with Crippen LogP contribution in [0.1, 0.15) is 62.7 Å². The number of hydrogen-bond donors (Lipinski definition) is 0. The Labute approximate surface area is 222 Å². The van der Waals surface area contributed by atoms with Crippen LogP contribution in [0.5, 0.6) is 0 Å². The molecule has 1 aliphatic carbocycles. The van der Waals surface area contributed by atoms with Gasteiger partial charge in [0.15, 0.2) is 5.78 Å². The smallest absolute Gasteiger partial charge is 0.338 e. The number of ketones is 1. The Morgan fingerprint density at radius 2 is 1.42 bits per heavy atom. The fourth-order valence-corrected chi connectivity index (χ4v) is 5.08. The number of benzene rings is 3. The predicted octanol–water partition coefficient (Wildman–Crippen LogP) is 5.57. The maximum absolute atomic E-state index is 12.6. The number of carbonyl (C=O) groups is 3. The van der Waals surface area contributed by atoms with Gasteiger partial charge < -0.3 is 14.4 Å². The molecule has 1 heterocycles. The maximum Gasteiger partial charge on any atom is 0.338 e. The Balaban J connectivity index is 1.13. The summed E-state index contributed by atoms with van der Waals surface area (Å²) in [6, 6.07) is 20.9. The Morgan fingerprint density at radius 3 is 2.13 bits per heavy atom. The Morgan fingerprint density at radius 1 is 0.763 bits per heavy atom. The lowest BCUT2D eigenvalue weighted by Crippen LogP contribution is -2.14. The summed E-state index contributed by atoms with van der Waals surface area (Å²) in [6.45, 7) is 2.66. The summed E-state index contributed by atoms with van der Waals surface area (Å²) in [5.74, 6) is -0.744. The van der Waals surface area contributed by atoms with E-state index in [0.717, 1.165) is 49.0 Å². The molecule has 0 saturated heterocycles. The van der Waals surface area contributed by atoms with E-state index in [-0.39, 0.29) is 25.0 Å². The van der Waals surface area contributed by atoms with Crippen molar-refractivity contribution in [1.29, 1.82) is 0 Å². The second kappa shape index (κ2) is 11.5. The molecule has 38 heavy (non-hydrogen) atoms. The first-order valence-corrected chi connectivity index (χ1v) is 13.1. The molecule has 0 bridgehead atoms. The van der Waals surface area contributed by atoms with Gasteiger partial charge in [0.25, 0.3) is 0 Å². The minimum atomic E-state index is -0.402. The molecule has 0 unspecified atom stereocenters. The second-order valence-electron chi connectivity index (χ2n) is 9.71. The zero-order valence-electron chi connectivity index (χ0n) is 21.6. The molecule has 3 aromatic rings. The van der Waals surface area contributed by atoms with E-state index in [1.807, 2.05) is 66.9 Å². The molecule has 5 rings (SSSR count). The molecule has 0 spiro atoms. The lowest BCUT2D eigenvalue weighted by atomic mass is 10.0. The highest BCUT2D eigenvalue weighted by atomic mass is 16.5. The number of ether oxygens (including phenoxy) is 2. The summed E-state index contributed by atoms with van der Waals surface area (Å²) in [6.07, 6.45) is 6.31. The van der Waals surface area contributed by atoms with Gasteiger partial charge in [0, 0.05) is 30.4 Å². The van der Waals surface area contributed by atoms with Gasteiger partial charge in [0.05, 0.1) is 24.3 Å². The van der Waals surface area contributed by atoms with E-state index < -0.39 is 5.97 Å². The summed E-state index contributed by atoms with van der Waals surface area (Å²) in [5, 5.41) is 0. The van der Waals surface area contributed by atoms with E-state index in [1.54, 1.807) is 13.0 Å². The number of allylic oxidation sites excluding steroid dienone is 1. The molecule has 6 heteroatoms. The largest absolute Gasteiger partial charge is 0.462 e. The molecule has 0 amide bonds. The average molecular weight is 510 g/mol. The number of carbonyl (C=O) groups excluding carboxylic acids is 3. The van der Waals surface area contributed by atoms with Crippen LogP contribution >= 0.6 is 0 Å². The van der Waals surface area contributed by atoms with Crippen LogP contribution < -0.4 is 4.90 Å². The van der Waals surface area contributed by atoms with Gasteiger partial charge >= 0.3 is 11.9 Å². The number of esters is 2. The fraction of sp³-hybridized carbons (Fsp3) is 0.281. The highest BCUT2D eigenvalue weighted by molar-refractivity contribution is 6.19. The van der Waals surface area contributed by atoms with Crippen molar-refractivity contribution in [3.8, 4) is 0 Å². The number of aryl methyl sites for hydroxylation is 2. The third-order valence-electron chi connectivity index (χ3n) is 7.08. The van der Waals surface area contributed by atoms with Gasteiger partial charge in [-0.2, -0.15) is 0 Å². The molecule has 0 radical (unpaired) electrons. The van der Waals surface area contributed by atoms with Gasteiger partial charge in [-0.3, -0.25) is 4.79 Å². The van der Waals surface area contributed by atoms with E-state index in [1.165, 1.54) is 11.1 Å². The van der Waals surface area contributed by atoms with Crippen LogP contribution in [0.4, 0.5) is 5.69 Å². The second-order valence-corrected chi connectivity index (χ2v) is 9.71. The van der Waals surface area contributed by atoms with Crippen molar-refractivity contribution in [2.75, 3.05) is 24.7 Å². The minimum Gasteiger partial charge on any atom is -0.462 e. The molecule has 0 atom stereocenters. The molecule has 0 saturated carbocycles. The molecule has 1 aliphatic heterocycles. The standard InChI is InChI=1S/C32H31NO5/c1-22(34)29(24-7-3-2-4-8-24)21-33-16-15-26-20-28(13-14-30(26)33)32(36)38-18-6-17-37-31(35)27-12-11-23-9-5-10-25(23)19-27/h2-4,7-8,11-14,19-21H,5-6,9-10,15-18H2,1H3/b29-21+. The molecule has 194 valence electrons. The number of fused-ring (bicyclic) bond motifs is 2. The van der Waals surface area contributed by atoms with Gasteiger partial charge in [0.2, 0.25) is 0 Å². The van der Waals surface area contributed by atoms with Gasteiger partial charge in [0.1, 0.15) is 0 Å². The summed E-state index contributed by atoms with van der Waals surface area (Å²) in [5.41, 5.74) is 7.16. The van der Waals surface area contributed by atoms with Crippen LogP contribution in [-0.2, 0) is 33.5 Å². The zero-order valence-corrected chi connectivity index (χ0v) is 21.6. The van der Waals surface area contributed by atoms with Crippen LogP contribution in [0, 0.1) is 0 Å². The van der Waals surface area contributed by atoms with E-state index >= 15 is 0 Å². The molecule has 0 N–H and O–H groups in total. The maximum atomic E-state index is 12.6. The third kappa shape index (κ3) is 5.70. The van der Waals surface area contributed by atoms with E-state index in [2.05, 4.69) is 4.90 Å². The number of nitrogens with zero attached hydrogens (tertiary/aromatic N) is 1. The van der Waals surface area contributed by atoms with Crippen LogP contribution in [0.3, 0.4) is 0 Å². The topological polar surface area (TPSA) is 72.9 Å². The quantitative estimate of drug-likeness (QED) is 0.213. The van der Waals surface area contributed by atoms with Crippen molar-refractivity contribution in [1.82, 2.24) is 0 Å². The first-order valence-electron chi connectivity index (χ1n) is 13.1. The summed E-state index contributed by atoms with van der Waals surface area (Å²) >= 11 is 0. The van der Waals surface area contributed by atoms with Crippen molar-refractivity contribution in [3.63, 3.8) is 0 Å². The van der Waals surface area contributed by atoms with Gasteiger partial charge in [-0.1, -0.05) is 36.4 Å². The van der Waals surface area contributed by atoms with Crippen LogP contribution in [0.25, 0.3) is 5.57 Å². The summed E-state index contributed by atoms with van der Waals surface area (Å²) in [4.78, 5) is 39.3. The molecule has 0 aromatic heterocycles. The molecule has 2 aliphatic rings. The van der Waals surface area contributed by atoms with E-state index in [9.17, 15) is 14.4 Å². The zero-order chi connectivity index (χ0) is 26.5. The average Bonchev–Trinajstić information content (AvgIpc) is 3.57. The van der Waals surface area contributed by atoms with Gasteiger partial charge in [-0.25, -0.2) is 9.59 Å². The van der Waals surface area contributed by atoms with Crippen molar-refractivity contribution < 1.29 is 23.9 Å². The van der Waals surface area contributed by atoms with Gasteiger partial charge in [-0.05, 0) is 85.2 Å².